The highest BCUT2D eigenvalue weighted by atomic mass is 19.1. The number of hydrogen-bond acceptors (Lipinski definition) is 2. The lowest BCUT2D eigenvalue weighted by Crippen LogP contribution is -2.02. The molecule has 0 aliphatic carbocycles. The van der Waals surface area contributed by atoms with E-state index >= 15 is 0 Å². The minimum absolute atomic E-state index is 0.194. The molecule has 0 heterocycles. The van der Waals surface area contributed by atoms with Gasteiger partial charge in [-0.15, -0.1) is 0 Å². The largest absolute Gasteiger partial charge is 0.398 e. The molecule has 0 saturated heterocycles. The van der Waals surface area contributed by atoms with Crippen molar-refractivity contribution in [1.29, 1.82) is 0 Å². The van der Waals surface area contributed by atoms with Crippen molar-refractivity contribution in [2.45, 2.75) is 13.5 Å². The van der Waals surface area contributed by atoms with Gasteiger partial charge in [-0.05, 0) is 30.7 Å². The Morgan fingerprint density at radius 1 is 1.18 bits per heavy atom. The van der Waals surface area contributed by atoms with Crippen molar-refractivity contribution in [3.05, 3.63) is 59.4 Å². The van der Waals surface area contributed by atoms with Crippen LogP contribution in [0.25, 0.3) is 0 Å². The zero-order valence-corrected chi connectivity index (χ0v) is 9.70. The molecule has 0 aliphatic heterocycles. The molecule has 0 saturated carbocycles. The fourth-order valence-corrected chi connectivity index (χ4v) is 1.59. The first-order valence-electron chi connectivity index (χ1n) is 5.50. The van der Waals surface area contributed by atoms with Gasteiger partial charge in [-0.3, -0.25) is 0 Å². The summed E-state index contributed by atoms with van der Waals surface area (Å²) in [6.45, 7) is 2.41. The van der Waals surface area contributed by atoms with Gasteiger partial charge in [0.05, 0.1) is 0 Å². The number of benzene rings is 2. The van der Waals surface area contributed by atoms with Crippen molar-refractivity contribution in [2.24, 2.45) is 0 Å². The molecule has 88 valence electrons. The van der Waals surface area contributed by atoms with Gasteiger partial charge >= 0.3 is 0 Å². The summed E-state index contributed by atoms with van der Waals surface area (Å²) in [4.78, 5) is 0. The van der Waals surface area contributed by atoms with Crippen LogP contribution in [0, 0.1) is 12.7 Å². The summed E-state index contributed by atoms with van der Waals surface area (Å²) < 4.78 is 13.4. The lowest BCUT2D eigenvalue weighted by atomic mass is 10.1. The summed E-state index contributed by atoms with van der Waals surface area (Å²) >= 11 is 0. The molecule has 0 atom stereocenters. The van der Waals surface area contributed by atoms with Crippen LogP contribution in [0.2, 0.25) is 0 Å². The van der Waals surface area contributed by atoms with Gasteiger partial charge in [0.2, 0.25) is 0 Å². The molecule has 0 fully saturated rings. The molecule has 0 spiro atoms. The van der Waals surface area contributed by atoms with E-state index in [1.807, 2.05) is 31.2 Å². The highest BCUT2D eigenvalue weighted by Crippen LogP contribution is 2.18. The summed E-state index contributed by atoms with van der Waals surface area (Å²) in [5, 5.41) is 3.15. The average Bonchev–Trinajstić information content (AvgIpc) is 2.32. The number of rotatable bonds is 3. The van der Waals surface area contributed by atoms with Crippen molar-refractivity contribution in [3.63, 3.8) is 0 Å². The van der Waals surface area contributed by atoms with E-state index in [0.717, 1.165) is 16.9 Å². The van der Waals surface area contributed by atoms with E-state index in [9.17, 15) is 4.39 Å². The fraction of sp³-hybridized carbons (Fsp3) is 0.143. The van der Waals surface area contributed by atoms with Crippen LogP contribution < -0.4 is 11.1 Å². The third-order valence-electron chi connectivity index (χ3n) is 2.72. The summed E-state index contributed by atoms with van der Waals surface area (Å²) in [6.07, 6.45) is 0. The Labute approximate surface area is 100 Å². The molecule has 17 heavy (non-hydrogen) atoms. The Balaban J connectivity index is 2.08. The Kier molecular flexibility index (Phi) is 3.28. The second kappa shape index (κ2) is 4.87. The van der Waals surface area contributed by atoms with Crippen LogP contribution in [0.1, 0.15) is 11.1 Å². The fourth-order valence-electron chi connectivity index (χ4n) is 1.59. The van der Waals surface area contributed by atoms with Gasteiger partial charge in [-0.1, -0.05) is 24.3 Å². The number of aryl methyl sites for hydroxylation is 1. The van der Waals surface area contributed by atoms with E-state index < -0.39 is 0 Å². The van der Waals surface area contributed by atoms with Crippen molar-refractivity contribution < 1.29 is 4.39 Å². The average molecular weight is 230 g/mol. The van der Waals surface area contributed by atoms with Gasteiger partial charge in [-0.2, -0.15) is 0 Å². The number of hydrogen-bond donors (Lipinski definition) is 2. The first-order chi connectivity index (χ1) is 8.16. The molecule has 0 unspecified atom stereocenters. The van der Waals surface area contributed by atoms with Crippen LogP contribution in [-0.2, 0) is 6.54 Å². The van der Waals surface area contributed by atoms with Crippen molar-refractivity contribution in [2.75, 3.05) is 11.1 Å². The summed E-state index contributed by atoms with van der Waals surface area (Å²) in [5.74, 6) is -0.194. The molecular weight excluding hydrogens is 215 g/mol. The molecule has 0 bridgehead atoms. The molecule has 2 rings (SSSR count). The van der Waals surface area contributed by atoms with Gasteiger partial charge in [-0.25, -0.2) is 4.39 Å². The predicted molar refractivity (Wildman–Crippen MR) is 69.3 cm³/mol. The summed E-state index contributed by atoms with van der Waals surface area (Å²) in [6, 6.07) is 12.5. The lowest BCUT2D eigenvalue weighted by molar-refractivity contribution is 0.613. The minimum atomic E-state index is -0.194. The minimum Gasteiger partial charge on any atom is -0.398 e. The molecule has 3 heteroatoms. The zero-order valence-electron chi connectivity index (χ0n) is 9.70. The quantitative estimate of drug-likeness (QED) is 0.794. The molecule has 0 aromatic heterocycles. The van der Waals surface area contributed by atoms with Crippen LogP contribution >= 0.6 is 0 Å². The van der Waals surface area contributed by atoms with Gasteiger partial charge in [0.15, 0.2) is 0 Å². The number of nitrogens with two attached hydrogens (primary N) is 1. The van der Waals surface area contributed by atoms with Crippen LogP contribution in [0.5, 0.6) is 0 Å². The maximum atomic E-state index is 13.4. The van der Waals surface area contributed by atoms with Crippen LogP contribution in [0.3, 0.4) is 0 Å². The van der Waals surface area contributed by atoms with E-state index in [-0.39, 0.29) is 5.82 Å². The molecule has 0 aliphatic rings. The zero-order chi connectivity index (χ0) is 12.3. The standard InChI is InChI=1S/C14H15FN2/c1-10-6-7-12(8-14(10)16)17-9-11-4-2-3-5-13(11)15/h2-8,17H,9,16H2,1H3. The monoisotopic (exact) mass is 230 g/mol. The second-order valence-electron chi connectivity index (χ2n) is 4.02. The third kappa shape index (κ3) is 2.75. The molecule has 2 nitrogen and oxygen atoms in total. The highest BCUT2D eigenvalue weighted by Gasteiger charge is 2.01. The van der Waals surface area contributed by atoms with Crippen molar-refractivity contribution in [3.8, 4) is 0 Å². The van der Waals surface area contributed by atoms with E-state index in [1.165, 1.54) is 6.07 Å². The van der Waals surface area contributed by atoms with Crippen molar-refractivity contribution in [1.82, 2.24) is 0 Å². The maximum absolute atomic E-state index is 13.4. The highest BCUT2D eigenvalue weighted by molar-refractivity contribution is 5.58. The normalized spacial score (nSPS) is 10.2. The second-order valence-corrected chi connectivity index (χ2v) is 4.02. The smallest absolute Gasteiger partial charge is 0.128 e. The predicted octanol–water partition coefficient (Wildman–Crippen LogP) is 3.33. The molecule has 0 amide bonds. The van der Waals surface area contributed by atoms with Crippen molar-refractivity contribution >= 4 is 11.4 Å². The first-order valence-corrected chi connectivity index (χ1v) is 5.50. The molecule has 0 radical (unpaired) electrons. The lowest BCUT2D eigenvalue weighted by Gasteiger charge is -2.09. The van der Waals surface area contributed by atoms with E-state index in [4.69, 9.17) is 5.73 Å². The molecule has 3 N–H and O–H groups in total. The Morgan fingerprint density at radius 2 is 1.94 bits per heavy atom. The number of anilines is 2. The Bertz CT molecular complexity index is 523. The van der Waals surface area contributed by atoms with E-state index in [2.05, 4.69) is 5.32 Å². The van der Waals surface area contributed by atoms with Crippen LogP contribution in [-0.4, -0.2) is 0 Å². The van der Waals surface area contributed by atoms with Crippen LogP contribution in [0.4, 0.5) is 15.8 Å². The first kappa shape index (κ1) is 11.5. The molecular formula is C14H15FN2. The topological polar surface area (TPSA) is 38.0 Å². The van der Waals surface area contributed by atoms with Crippen LogP contribution in [0.15, 0.2) is 42.5 Å². The van der Waals surface area contributed by atoms with Gasteiger partial charge in [0.1, 0.15) is 5.82 Å². The number of nitrogen functional groups attached to an aromatic ring is 1. The summed E-state index contributed by atoms with van der Waals surface area (Å²) in [5.41, 5.74) is 9.13. The third-order valence-corrected chi connectivity index (χ3v) is 2.72. The molecule has 2 aromatic carbocycles. The van der Waals surface area contributed by atoms with E-state index in [0.29, 0.717) is 12.1 Å². The van der Waals surface area contributed by atoms with Gasteiger partial charge in [0, 0.05) is 23.5 Å². The Morgan fingerprint density at radius 3 is 2.65 bits per heavy atom. The van der Waals surface area contributed by atoms with Gasteiger partial charge < -0.3 is 11.1 Å². The summed E-state index contributed by atoms with van der Waals surface area (Å²) in [7, 11) is 0. The van der Waals surface area contributed by atoms with E-state index in [1.54, 1.807) is 12.1 Å². The molecule has 2 aromatic rings. The number of halogens is 1. The Hall–Kier alpha value is -2.03. The van der Waals surface area contributed by atoms with Gasteiger partial charge in [0.25, 0.3) is 0 Å². The maximum Gasteiger partial charge on any atom is 0.128 e. The SMILES string of the molecule is Cc1ccc(NCc2ccccc2F)cc1N. The number of nitrogens with one attached hydrogen (secondary N) is 1.